The summed E-state index contributed by atoms with van der Waals surface area (Å²) in [5, 5.41) is 10.5. The minimum atomic E-state index is -1.15. The molecule has 2 amide bonds. The first-order chi connectivity index (χ1) is 13.8. The first kappa shape index (κ1) is 21.6. The fraction of sp³-hybridized carbons (Fsp3) is 0.636. The first-order valence-corrected chi connectivity index (χ1v) is 10.4. The van der Waals surface area contributed by atoms with Crippen LogP contribution in [0.15, 0.2) is 24.3 Å². The Morgan fingerprint density at radius 2 is 1.86 bits per heavy atom. The molecule has 2 aliphatic heterocycles. The van der Waals surface area contributed by atoms with Crippen molar-refractivity contribution in [3.05, 3.63) is 29.8 Å². The van der Waals surface area contributed by atoms with E-state index in [0.717, 1.165) is 38.9 Å². The summed E-state index contributed by atoms with van der Waals surface area (Å²) in [7, 11) is 5.62. The standard InChI is InChI=1S/C22H33N3O4/c1-23(2)14-15-25-16-22(9-8-19(25)26)10-12-24(13-11-22)21(28)20(27)17-4-6-18(29-3)7-5-17/h4-7,20,27H,8-16H2,1-3H3/t20-/m0/s1. The number of piperidine rings is 2. The van der Waals surface area contributed by atoms with E-state index in [4.69, 9.17) is 4.74 Å². The number of rotatable bonds is 6. The molecule has 7 nitrogen and oxygen atoms in total. The summed E-state index contributed by atoms with van der Waals surface area (Å²) in [5.74, 6) is 0.686. The van der Waals surface area contributed by atoms with E-state index in [1.165, 1.54) is 0 Å². The molecule has 0 aromatic heterocycles. The Morgan fingerprint density at radius 1 is 1.21 bits per heavy atom. The summed E-state index contributed by atoms with van der Waals surface area (Å²) in [5.41, 5.74) is 0.677. The molecule has 2 heterocycles. The van der Waals surface area contributed by atoms with E-state index in [9.17, 15) is 14.7 Å². The van der Waals surface area contributed by atoms with Crippen LogP contribution in [0.3, 0.4) is 0 Å². The van der Waals surface area contributed by atoms with Gasteiger partial charge in [0, 0.05) is 39.1 Å². The second-order valence-electron chi connectivity index (χ2n) is 8.62. The van der Waals surface area contributed by atoms with Gasteiger partial charge < -0.3 is 24.5 Å². The highest BCUT2D eigenvalue weighted by Gasteiger charge is 2.42. The quantitative estimate of drug-likeness (QED) is 0.780. The molecule has 1 aromatic rings. The molecular weight excluding hydrogens is 370 g/mol. The van der Waals surface area contributed by atoms with Crippen molar-refractivity contribution in [3.63, 3.8) is 0 Å². The van der Waals surface area contributed by atoms with E-state index in [2.05, 4.69) is 4.90 Å². The predicted octanol–water partition coefficient (Wildman–Crippen LogP) is 1.52. The normalized spacial score (nSPS) is 20.2. The number of aliphatic hydroxyl groups excluding tert-OH is 1. The summed E-state index contributed by atoms with van der Waals surface area (Å²) in [6, 6.07) is 6.95. The van der Waals surface area contributed by atoms with Gasteiger partial charge in [-0.3, -0.25) is 9.59 Å². The third-order valence-electron chi connectivity index (χ3n) is 6.37. The lowest BCUT2D eigenvalue weighted by atomic mass is 9.72. The Kier molecular flexibility index (Phi) is 6.80. The van der Waals surface area contributed by atoms with Gasteiger partial charge in [-0.05, 0) is 56.5 Å². The Morgan fingerprint density at radius 3 is 2.45 bits per heavy atom. The number of aliphatic hydroxyl groups is 1. The molecule has 0 radical (unpaired) electrons. The van der Waals surface area contributed by atoms with Crippen molar-refractivity contribution in [2.24, 2.45) is 5.41 Å². The number of carbonyl (C=O) groups is 2. The smallest absolute Gasteiger partial charge is 0.256 e. The Labute approximate surface area is 173 Å². The van der Waals surface area contributed by atoms with Crippen molar-refractivity contribution in [2.75, 3.05) is 53.9 Å². The fourth-order valence-electron chi connectivity index (χ4n) is 4.34. The molecule has 0 saturated carbocycles. The number of hydrogen-bond donors (Lipinski definition) is 1. The van der Waals surface area contributed by atoms with Crippen LogP contribution in [0.4, 0.5) is 0 Å². The van der Waals surface area contributed by atoms with Crippen LogP contribution in [-0.2, 0) is 9.59 Å². The van der Waals surface area contributed by atoms with Gasteiger partial charge in [0.15, 0.2) is 6.10 Å². The van der Waals surface area contributed by atoms with Crippen LogP contribution in [-0.4, -0.2) is 85.5 Å². The second kappa shape index (κ2) is 9.13. The van der Waals surface area contributed by atoms with Crippen molar-refractivity contribution in [1.29, 1.82) is 0 Å². The van der Waals surface area contributed by atoms with E-state index in [-0.39, 0.29) is 17.2 Å². The molecule has 1 atom stereocenters. The van der Waals surface area contributed by atoms with Crippen molar-refractivity contribution >= 4 is 11.8 Å². The topological polar surface area (TPSA) is 73.3 Å². The summed E-state index contributed by atoms with van der Waals surface area (Å²) in [6.07, 6.45) is 2.09. The number of nitrogens with zero attached hydrogens (tertiary/aromatic N) is 3. The number of amides is 2. The zero-order valence-electron chi connectivity index (χ0n) is 17.8. The number of ether oxygens (including phenoxy) is 1. The average molecular weight is 404 g/mol. The lowest BCUT2D eigenvalue weighted by molar-refractivity contribution is -0.147. The van der Waals surface area contributed by atoms with E-state index in [0.29, 0.717) is 30.8 Å². The largest absolute Gasteiger partial charge is 0.497 e. The maximum absolute atomic E-state index is 12.8. The Bertz CT molecular complexity index is 711. The summed E-state index contributed by atoms with van der Waals surface area (Å²) in [6.45, 7) is 3.65. The van der Waals surface area contributed by atoms with E-state index < -0.39 is 6.10 Å². The third kappa shape index (κ3) is 5.08. The highest BCUT2D eigenvalue weighted by Crippen LogP contribution is 2.40. The van der Waals surface area contributed by atoms with E-state index >= 15 is 0 Å². The Balaban J connectivity index is 1.57. The molecule has 2 aliphatic rings. The predicted molar refractivity (Wildman–Crippen MR) is 111 cm³/mol. The fourth-order valence-corrected chi connectivity index (χ4v) is 4.34. The molecule has 29 heavy (non-hydrogen) atoms. The van der Waals surface area contributed by atoms with Gasteiger partial charge in [0.2, 0.25) is 5.91 Å². The molecule has 0 bridgehead atoms. The van der Waals surface area contributed by atoms with Gasteiger partial charge in [0.05, 0.1) is 7.11 Å². The van der Waals surface area contributed by atoms with Crippen LogP contribution in [0.1, 0.15) is 37.4 Å². The number of likely N-dealkylation sites (tertiary alicyclic amines) is 2. The maximum Gasteiger partial charge on any atom is 0.256 e. The monoisotopic (exact) mass is 403 g/mol. The van der Waals surface area contributed by atoms with Crippen LogP contribution in [0.2, 0.25) is 0 Å². The van der Waals surface area contributed by atoms with Crippen LogP contribution in [0.5, 0.6) is 5.75 Å². The highest BCUT2D eigenvalue weighted by atomic mass is 16.5. The van der Waals surface area contributed by atoms with Gasteiger partial charge in [0.1, 0.15) is 5.75 Å². The minimum Gasteiger partial charge on any atom is -0.497 e. The minimum absolute atomic E-state index is 0.0993. The van der Waals surface area contributed by atoms with Crippen LogP contribution < -0.4 is 4.74 Å². The lowest BCUT2D eigenvalue weighted by Crippen LogP contribution is -2.53. The highest BCUT2D eigenvalue weighted by molar-refractivity contribution is 5.82. The molecule has 0 unspecified atom stereocenters. The zero-order chi connectivity index (χ0) is 21.0. The van der Waals surface area contributed by atoms with Gasteiger partial charge in [-0.25, -0.2) is 0 Å². The van der Waals surface area contributed by atoms with Gasteiger partial charge in [0.25, 0.3) is 5.91 Å². The molecule has 160 valence electrons. The molecule has 2 saturated heterocycles. The van der Waals surface area contributed by atoms with Crippen molar-refractivity contribution in [2.45, 2.75) is 31.8 Å². The lowest BCUT2D eigenvalue weighted by Gasteiger charge is -2.47. The number of benzene rings is 1. The summed E-state index contributed by atoms with van der Waals surface area (Å²) < 4.78 is 5.13. The number of methoxy groups -OCH3 is 1. The van der Waals surface area contributed by atoms with Crippen molar-refractivity contribution in [1.82, 2.24) is 14.7 Å². The van der Waals surface area contributed by atoms with E-state index in [1.54, 1.807) is 36.3 Å². The van der Waals surface area contributed by atoms with E-state index in [1.807, 2.05) is 19.0 Å². The SMILES string of the molecule is COc1ccc([C@H](O)C(=O)N2CCC3(CCC(=O)N(CCN(C)C)C3)CC2)cc1. The number of carbonyl (C=O) groups excluding carboxylic acids is 2. The van der Waals surface area contributed by atoms with Gasteiger partial charge in [-0.15, -0.1) is 0 Å². The maximum atomic E-state index is 12.8. The molecule has 2 fully saturated rings. The molecule has 3 rings (SSSR count). The molecule has 7 heteroatoms. The number of hydrogen-bond acceptors (Lipinski definition) is 5. The summed E-state index contributed by atoms with van der Waals surface area (Å²) >= 11 is 0. The van der Waals surface area contributed by atoms with Crippen LogP contribution >= 0.6 is 0 Å². The van der Waals surface area contributed by atoms with Gasteiger partial charge >= 0.3 is 0 Å². The Hall–Kier alpha value is -2.12. The van der Waals surface area contributed by atoms with Crippen molar-refractivity contribution < 1.29 is 19.4 Å². The molecule has 1 spiro atoms. The van der Waals surface area contributed by atoms with Crippen molar-refractivity contribution in [3.8, 4) is 5.75 Å². The molecular formula is C22H33N3O4. The molecule has 1 N–H and O–H groups in total. The molecule has 1 aromatic carbocycles. The first-order valence-electron chi connectivity index (χ1n) is 10.4. The number of likely N-dealkylation sites (N-methyl/N-ethyl adjacent to an activating group) is 1. The van der Waals surface area contributed by atoms with Crippen LogP contribution in [0, 0.1) is 5.41 Å². The van der Waals surface area contributed by atoms with Gasteiger partial charge in [-0.1, -0.05) is 12.1 Å². The average Bonchev–Trinajstić information content (AvgIpc) is 2.74. The molecule has 0 aliphatic carbocycles. The zero-order valence-corrected chi connectivity index (χ0v) is 17.8. The second-order valence-corrected chi connectivity index (χ2v) is 8.62. The third-order valence-corrected chi connectivity index (χ3v) is 6.37. The van der Waals surface area contributed by atoms with Crippen LogP contribution in [0.25, 0.3) is 0 Å². The summed E-state index contributed by atoms with van der Waals surface area (Å²) in [4.78, 5) is 30.9. The van der Waals surface area contributed by atoms with Gasteiger partial charge in [-0.2, -0.15) is 0 Å².